The van der Waals surface area contributed by atoms with Gasteiger partial charge in [-0.1, -0.05) is 90.7 Å². The minimum absolute atomic E-state index is 0.0791. The smallest absolute Gasteiger partial charge is 0.421 e. The van der Waals surface area contributed by atoms with Crippen molar-refractivity contribution < 1.29 is 48.2 Å². The normalized spacial score (nSPS) is 21.5. The summed E-state index contributed by atoms with van der Waals surface area (Å²) in [5, 5.41) is 21.7. The van der Waals surface area contributed by atoms with Crippen molar-refractivity contribution in [3.63, 3.8) is 0 Å². The van der Waals surface area contributed by atoms with E-state index in [1.165, 1.54) is 24.3 Å². The zero-order chi connectivity index (χ0) is 53.9. The van der Waals surface area contributed by atoms with E-state index < -0.39 is 64.4 Å². The quantitative estimate of drug-likeness (QED) is 0.0544. The fourth-order valence-corrected chi connectivity index (χ4v) is 11.4. The third kappa shape index (κ3) is 9.18. The number of morpholine rings is 1. The summed E-state index contributed by atoms with van der Waals surface area (Å²) in [5.74, 6) is 4.04. The lowest BCUT2D eigenvalue weighted by molar-refractivity contribution is -0.384. The van der Waals surface area contributed by atoms with Crippen LogP contribution in [0.15, 0.2) is 170 Å². The highest BCUT2D eigenvalue weighted by atomic mass is 16.6. The largest absolute Gasteiger partial charge is 0.497 e. The number of carbonyl (C=O) groups excluding carboxylic acids is 4. The highest BCUT2D eigenvalue weighted by Gasteiger charge is 2.76. The Morgan fingerprint density at radius 1 is 0.782 bits per heavy atom. The average Bonchev–Trinajstić information content (AvgIpc) is 3.59. The Morgan fingerprint density at radius 2 is 1.44 bits per heavy atom. The topological polar surface area (TPSA) is 207 Å². The molecule has 0 unspecified atom stereocenters. The summed E-state index contributed by atoms with van der Waals surface area (Å²) in [6.45, 7) is 0.0325. The van der Waals surface area contributed by atoms with Crippen LogP contribution in [0.3, 0.4) is 0 Å². The zero-order valence-electron chi connectivity index (χ0n) is 42.2. The molecule has 7 aromatic rings. The maximum atomic E-state index is 16.9. The van der Waals surface area contributed by atoms with Gasteiger partial charge in [-0.2, -0.15) is 0 Å². The van der Waals surface area contributed by atoms with Gasteiger partial charge in [-0.05, 0) is 89.0 Å². The number of ether oxygens (including phenoxy) is 4. The number of esters is 1. The van der Waals surface area contributed by atoms with E-state index in [9.17, 15) is 15.2 Å². The van der Waals surface area contributed by atoms with Crippen LogP contribution in [0.1, 0.15) is 57.1 Å². The Kier molecular flexibility index (Phi) is 14.1. The number of aromatic nitrogens is 2. The van der Waals surface area contributed by atoms with Gasteiger partial charge in [0.1, 0.15) is 42.3 Å². The second-order valence-corrected chi connectivity index (χ2v) is 19.1. The molecule has 4 aliphatic rings. The maximum absolute atomic E-state index is 16.9. The number of imide groups is 1. The molecule has 0 saturated carbocycles. The molecule has 1 spiro atoms. The van der Waals surface area contributed by atoms with Crippen LogP contribution >= 0.6 is 0 Å². The van der Waals surface area contributed by atoms with Gasteiger partial charge in [0.2, 0.25) is 17.8 Å². The van der Waals surface area contributed by atoms with E-state index in [1.807, 2.05) is 70.5 Å². The van der Waals surface area contributed by atoms with E-state index in [4.69, 9.17) is 18.9 Å². The molecule has 1 aromatic heterocycles. The van der Waals surface area contributed by atoms with E-state index in [0.717, 1.165) is 4.90 Å². The number of para-hydroxylation sites is 1. The number of nitrogens with zero attached hydrogens (tertiary/aromatic N) is 7. The fraction of sp³-hybridized carbons (Fsp3) is 0.233. The number of rotatable bonds is 12. The van der Waals surface area contributed by atoms with Crippen molar-refractivity contribution in [2.75, 3.05) is 56.3 Å². The minimum atomic E-state index is -2.18. The van der Waals surface area contributed by atoms with Crippen molar-refractivity contribution in [2.45, 2.75) is 36.3 Å². The number of nitro groups is 1. The molecule has 3 fully saturated rings. The molecule has 6 atom stereocenters. The summed E-state index contributed by atoms with van der Waals surface area (Å²) in [7, 11) is 1.57. The van der Waals surface area contributed by atoms with Gasteiger partial charge in [0.15, 0.2) is 0 Å². The molecule has 78 heavy (non-hydrogen) atoms. The second kappa shape index (κ2) is 21.7. The molecule has 11 rings (SSSR count). The number of benzene rings is 6. The number of aliphatic hydroxyl groups excluding tert-OH is 1. The number of hydrogen-bond donors (Lipinski definition) is 1. The van der Waals surface area contributed by atoms with Gasteiger partial charge >= 0.3 is 12.1 Å². The lowest BCUT2D eigenvalue weighted by Crippen LogP contribution is -2.59. The van der Waals surface area contributed by atoms with Gasteiger partial charge in [-0.3, -0.25) is 29.4 Å². The van der Waals surface area contributed by atoms with Crippen LogP contribution in [-0.4, -0.2) is 106 Å². The third-order valence-electron chi connectivity index (χ3n) is 14.8. The molecule has 1 N–H and O–H groups in total. The Morgan fingerprint density at radius 3 is 2.12 bits per heavy atom. The van der Waals surface area contributed by atoms with Crippen LogP contribution < -0.4 is 19.3 Å². The van der Waals surface area contributed by atoms with Gasteiger partial charge < -0.3 is 33.9 Å². The fourth-order valence-electron chi connectivity index (χ4n) is 11.4. The first-order valence-electron chi connectivity index (χ1n) is 25.4. The van der Waals surface area contributed by atoms with E-state index >= 15 is 19.2 Å². The Hall–Kier alpha value is -9.44. The summed E-state index contributed by atoms with van der Waals surface area (Å²) < 4.78 is 24.4. The molecular weight excluding hydrogens is 995 g/mol. The number of non-ortho nitro benzene ring substituents is 1. The Balaban J connectivity index is 1.16. The van der Waals surface area contributed by atoms with Crippen LogP contribution in [0.25, 0.3) is 0 Å². The lowest BCUT2D eigenvalue weighted by Gasteiger charge is -2.46. The highest BCUT2D eigenvalue weighted by Crippen LogP contribution is 2.67. The number of carbonyl (C=O) groups is 4. The summed E-state index contributed by atoms with van der Waals surface area (Å²) in [6, 6.07) is 41.3. The van der Waals surface area contributed by atoms with E-state index in [0.29, 0.717) is 58.2 Å². The molecule has 3 saturated heterocycles. The monoisotopic (exact) mass is 1050 g/mol. The van der Waals surface area contributed by atoms with E-state index in [1.54, 1.807) is 97.2 Å². The summed E-state index contributed by atoms with van der Waals surface area (Å²) in [5.41, 5.74) is 1.14. The van der Waals surface area contributed by atoms with Crippen LogP contribution in [-0.2, 0) is 35.9 Å². The van der Waals surface area contributed by atoms with Gasteiger partial charge in [0.05, 0.1) is 42.3 Å². The molecule has 18 heteroatoms. The molecule has 0 aliphatic carbocycles. The number of anilines is 2. The van der Waals surface area contributed by atoms with Crippen molar-refractivity contribution in [1.82, 2.24) is 19.8 Å². The van der Waals surface area contributed by atoms with E-state index in [-0.39, 0.29) is 55.6 Å². The van der Waals surface area contributed by atoms with Crippen molar-refractivity contribution >= 4 is 41.2 Å². The van der Waals surface area contributed by atoms with Crippen molar-refractivity contribution in [3.8, 4) is 23.3 Å². The van der Waals surface area contributed by atoms with Crippen LogP contribution in [0, 0.1) is 27.9 Å². The molecule has 392 valence electrons. The van der Waals surface area contributed by atoms with Crippen LogP contribution in [0.5, 0.6) is 11.5 Å². The molecule has 0 radical (unpaired) electrons. The number of nitro benzene ring substituents is 1. The molecule has 0 bridgehead atoms. The lowest BCUT2D eigenvalue weighted by atomic mass is 9.64. The summed E-state index contributed by atoms with van der Waals surface area (Å²) in [4.78, 5) is 90.6. The van der Waals surface area contributed by atoms with E-state index in [2.05, 4.69) is 21.8 Å². The third-order valence-corrected chi connectivity index (χ3v) is 14.8. The average molecular weight is 1050 g/mol. The molecular formula is C60H51N7O11. The molecule has 3 amide bonds. The number of methoxy groups -OCH3 is 1. The number of hydrogen-bond acceptors (Lipinski definition) is 15. The molecule has 4 aliphatic heterocycles. The minimum Gasteiger partial charge on any atom is -0.497 e. The first-order chi connectivity index (χ1) is 38.1. The number of fused-ring (bicyclic) bond motifs is 3. The van der Waals surface area contributed by atoms with Crippen molar-refractivity contribution in [2.24, 2.45) is 5.92 Å². The molecule has 18 nitrogen and oxygen atoms in total. The predicted molar refractivity (Wildman–Crippen MR) is 284 cm³/mol. The first-order valence-corrected chi connectivity index (χ1v) is 25.4. The van der Waals surface area contributed by atoms with Gasteiger partial charge in [0, 0.05) is 67.4 Å². The maximum Gasteiger partial charge on any atom is 0.421 e. The van der Waals surface area contributed by atoms with Gasteiger partial charge in [-0.15, -0.1) is 0 Å². The number of amides is 3. The Labute approximate surface area is 448 Å². The SMILES string of the molecule is COc1ccc(C#Cc2ccc3c(c2)[C@]2(C(=O)N3C(=O)OCc3ccc([N+](=O)[O-])cc3)[C@H](C(=O)N3CCN(c4ncccn4)CC3)[C@H]3C(=O)O[C@H](c4ccccc4)[C@H](c4ccccc4)N3[C@@H]2c2ccccc2OCCO)cc1. The second-order valence-electron chi connectivity index (χ2n) is 19.1. The Bertz CT molecular complexity index is 3440. The molecule has 5 heterocycles. The van der Waals surface area contributed by atoms with Crippen molar-refractivity contribution in [1.29, 1.82) is 0 Å². The highest BCUT2D eigenvalue weighted by molar-refractivity contribution is 6.23. The summed E-state index contributed by atoms with van der Waals surface area (Å²) in [6.07, 6.45) is 1.18. The standard InChI is InChI=1S/C60H51N7O11/c1-75-45-26-21-39(22-27-45)17-18-40-23-28-48-47(37-40)60(57(71)65(48)59(72)77-38-41-19-24-44(25-20-41)67(73)74)50(55(69)63-31-33-64(34-32-63)58-61-29-10-30-62-58)52-56(70)78-53(43-13-6-3-7-14-43)51(42-11-4-2-5-12-42)66(52)54(60)46-15-8-9-16-49(46)76-36-35-68/h2-16,19-30,37,50-54,68H,31-36,38H2,1H3/t50-,51-,52-,53+,54+,60-/m0/s1. The molecule has 6 aromatic carbocycles. The number of cyclic esters (lactones) is 1. The number of aliphatic hydroxyl groups is 1. The number of piperazine rings is 1. The first kappa shape index (κ1) is 50.7. The van der Waals surface area contributed by atoms with Gasteiger partial charge in [0.25, 0.3) is 5.69 Å². The predicted octanol–water partition coefficient (Wildman–Crippen LogP) is 7.52. The van der Waals surface area contributed by atoms with Gasteiger partial charge in [-0.25, -0.2) is 19.7 Å². The van der Waals surface area contributed by atoms with Crippen LogP contribution in [0.4, 0.5) is 22.1 Å². The summed E-state index contributed by atoms with van der Waals surface area (Å²) >= 11 is 0. The van der Waals surface area contributed by atoms with Crippen LogP contribution in [0.2, 0.25) is 0 Å². The zero-order valence-corrected chi connectivity index (χ0v) is 42.2. The van der Waals surface area contributed by atoms with Crippen molar-refractivity contribution in [3.05, 3.63) is 219 Å².